The Kier molecular flexibility index (Phi) is 5.78. The van der Waals surface area contributed by atoms with Crippen LogP contribution in [0.15, 0.2) is 24.5 Å². The Balaban J connectivity index is 1.51. The van der Waals surface area contributed by atoms with Crippen molar-refractivity contribution in [2.45, 2.75) is 25.4 Å². The van der Waals surface area contributed by atoms with Crippen LogP contribution in [0.1, 0.15) is 29.6 Å². The number of carbonyl (C=O) groups is 1. The van der Waals surface area contributed by atoms with Crippen molar-refractivity contribution in [3.05, 3.63) is 30.1 Å². The van der Waals surface area contributed by atoms with Crippen LogP contribution in [0.2, 0.25) is 0 Å². The van der Waals surface area contributed by atoms with E-state index < -0.39 is 0 Å². The highest BCUT2D eigenvalue weighted by atomic mass is 16.5. The lowest BCUT2D eigenvalue weighted by atomic mass is 10.2. The van der Waals surface area contributed by atoms with E-state index in [1.807, 2.05) is 0 Å². The number of rotatable bonds is 7. The van der Waals surface area contributed by atoms with Gasteiger partial charge in [0.1, 0.15) is 0 Å². The minimum Gasteiger partial charge on any atom is -0.379 e. The Bertz CT molecular complexity index is 378. The molecular formula is C14H20N2O3. The SMILES string of the molecule is O=C(NCCCOC[C@H]1CCCO1)c1ccncc1. The highest BCUT2D eigenvalue weighted by molar-refractivity contribution is 5.93. The molecule has 1 aliphatic heterocycles. The lowest BCUT2D eigenvalue weighted by Gasteiger charge is -2.10. The van der Waals surface area contributed by atoms with E-state index in [9.17, 15) is 4.79 Å². The molecule has 1 aliphatic rings. The number of carbonyl (C=O) groups excluding carboxylic acids is 1. The number of nitrogens with one attached hydrogen (secondary N) is 1. The predicted molar refractivity (Wildman–Crippen MR) is 71.0 cm³/mol. The molecule has 1 aromatic rings. The Morgan fingerprint density at radius 1 is 1.47 bits per heavy atom. The molecule has 5 heteroatoms. The number of amides is 1. The first kappa shape index (κ1) is 14.0. The fraction of sp³-hybridized carbons (Fsp3) is 0.571. The molecule has 1 N–H and O–H groups in total. The van der Waals surface area contributed by atoms with Gasteiger partial charge in [-0.15, -0.1) is 0 Å². The van der Waals surface area contributed by atoms with Gasteiger partial charge in [-0.2, -0.15) is 0 Å². The first-order valence-corrected chi connectivity index (χ1v) is 6.74. The maximum absolute atomic E-state index is 11.7. The van der Waals surface area contributed by atoms with Gasteiger partial charge < -0.3 is 14.8 Å². The summed E-state index contributed by atoms with van der Waals surface area (Å²) in [5.74, 6) is -0.0680. The summed E-state index contributed by atoms with van der Waals surface area (Å²) in [4.78, 5) is 15.6. The van der Waals surface area contributed by atoms with Crippen LogP contribution in [0.3, 0.4) is 0 Å². The average molecular weight is 264 g/mol. The van der Waals surface area contributed by atoms with E-state index >= 15 is 0 Å². The molecular weight excluding hydrogens is 244 g/mol. The summed E-state index contributed by atoms with van der Waals surface area (Å²) in [6.07, 6.45) is 6.53. The molecule has 0 bridgehead atoms. The summed E-state index contributed by atoms with van der Waals surface area (Å²) >= 11 is 0. The topological polar surface area (TPSA) is 60.5 Å². The van der Waals surface area contributed by atoms with E-state index in [-0.39, 0.29) is 12.0 Å². The zero-order valence-electron chi connectivity index (χ0n) is 11.0. The molecule has 0 aliphatic carbocycles. The van der Waals surface area contributed by atoms with Gasteiger partial charge in [-0.1, -0.05) is 0 Å². The summed E-state index contributed by atoms with van der Waals surface area (Å²) in [7, 11) is 0. The third-order valence-electron chi connectivity index (χ3n) is 3.02. The minimum atomic E-state index is -0.0680. The minimum absolute atomic E-state index is 0.0680. The maximum atomic E-state index is 11.7. The second kappa shape index (κ2) is 7.86. The van der Waals surface area contributed by atoms with Gasteiger partial charge in [0.2, 0.25) is 0 Å². The molecule has 104 valence electrons. The lowest BCUT2D eigenvalue weighted by molar-refractivity contribution is 0.0166. The monoisotopic (exact) mass is 264 g/mol. The fourth-order valence-corrected chi connectivity index (χ4v) is 1.97. The Morgan fingerprint density at radius 3 is 3.05 bits per heavy atom. The first-order chi connectivity index (χ1) is 9.36. The van der Waals surface area contributed by atoms with Gasteiger partial charge in [-0.05, 0) is 31.4 Å². The van der Waals surface area contributed by atoms with E-state index in [4.69, 9.17) is 9.47 Å². The molecule has 0 unspecified atom stereocenters. The van der Waals surface area contributed by atoms with Crippen molar-refractivity contribution in [3.63, 3.8) is 0 Å². The van der Waals surface area contributed by atoms with E-state index in [0.29, 0.717) is 25.3 Å². The van der Waals surface area contributed by atoms with Crippen LogP contribution in [0, 0.1) is 0 Å². The smallest absolute Gasteiger partial charge is 0.251 e. The van der Waals surface area contributed by atoms with Crippen LogP contribution in [0.5, 0.6) is 0 Å². The van der Waals surface area contributed by atoms with Gasteiger partial charge in [0, 0.05) is 37.7 Å². The summed E-state index contributed by atoms with van der Waals surface area (Å²) in [5.41, 5.74) is 0.635. The van der Waals surface area contributed by atoms with Crippen LogP contribution >= 0.6 is 0 Å². The average Bonchev–Trinajstić information content (AvgIpc) is 2.96. The van der Waals surface area contributed by atoms with Crippen molar-refractivity contribution < 1.29 is 14.3 Å². The van der Waals surface area contributed by atoms with Crippen LogP contribution in [0.25, 0.3) is 0 Å². The first-order valence-electron chi connectivity index (χ1n) is 6.74. The van der Waals surface area contributed by atoms with Crippen molar-refractivity contribution in [1.29, 1.82) is 0 Å². The van der Waals surface area contributed by atoms with Crippen molar-refractivity contribution >= 4 is 5.91 Å². The fourth-order valence-electron chi connectivity index (χ4n) is 1.97. The zero-order chi connectivity index (χ0) is 13.3. The molecule has 2 heterocycles. The standard InChI is InChI=1S/C14H20N2O3/c17-14(12-4-7-15-8-5-12)16-6-2-9-18-11-13-3-1-10-19-13/h4-5,7-8,13H,1-3,6,9-11H2,(H,16,17)/t13-/m1/s1. The van der Waals surface area contributed by atoms with Crippen LogP contribution in [0.4, 0.5) is 0 Å². The number of pyridine rings is 1. The summed E-state index contributed by atoms with van der Waals surface area (Å²) in [5, 5.41) is 2.85. The van der Waals surface area contributed by atoms with Gasteiger partial charge in [-0.25, -0.2) is 0 Å². The molecule has 0 spiro atoms. The number of hydrogen-bond acceptors (Lipinski definition) is 4. The van der Waals surface area contributed by atoms with E-state index in [1.54, 1.807) is 24.5 Å². The second-order valence-corrected chi connectivity index (χ2v) is 4.56. The largest absolute Gasteiger partial charge is 0.379 e. The van der Waals surface area contributed by atoms with E-state index in [2.05, 4.69) is 10.3 Å². The third-order valence-corrected chi connectivity index (χ3v) is 3.02. The summed E-state index contributed by atoms with van der Waals surface area (Å²) in [6, 6.07) is 3.40. The highest BCUT2D eigenvalue weighted by Crippen LogP contribution is 2.11. The van der Waals surface area contributed by atoms with Gasteiger partial charge in [0.15, 0.2) is 0 Å². The molecule has 0 aromatic carbocycles. The number of nitrogens with zero attached hydrogens (tertiary/aromatic N) is 1. The Morgan fingerprint density at radius 2 is 2.32 bits per heavy atom. The normalized spacial score (nSPS) is 18.4. The number of ether oxygens (including phenoxy) is 2. The second-order valence-electron chi connectivity index (χ2n) is 4.56. The maximum Gasteiger partial charge on any atom is 0.251 e. The van der Waals surface area contributed by atoms with Crippen molar-refractivity contribution in [2.24, 2.45) is 0 Å². The molecule has 5 nitrogen and oxygen atoms in total. The molecule has 1 aromatic heterocycles. The molecule has 1 fully saturated rings. The zero-order valence-corrected chi connectivity index (χ0v) is 11.0. The van der Waals surface area contributed by atoms with Crippen LogP contribution in [-0.4, -0.2) is 43.4 Å². The predicted octanol–water partition coefficient (Wildman–Crippen LogP) is 1.40. The van der Waals surface area contributed by atoms with Gasteiger partial charge in [0.05, 0.1) is 12.7 Å². The van der Waals surface area contributed by atoms with Crippen molar-refractivity contribution in [1.82, 2.24) is 10.3 Å². The summed E-state index contributed by atoms with van der Waals surface area (Å²) < 4.78 is 11.0. The molecule has 1 saturated heterocycles. The van der Waals surface area contributed by atoms with Crippen LogP contribution < -0.4 is 5.32 Å². The van der Waals surface area contributed by atoms with E-state index in [1.165, 1.54) is 0 Å². The molecule has 0 saturated carbocycles. The Labute approximate surface area is 113 Å². The molecule has 2 rings (SSSR count). The van der Waals surface area contributed by atoms with Gasteiger partial charge >= 0.3 is 0 Å². The third kappa shape index (κ3) is 4.96. The molecule has 19 heavy (non-hydrogen) atoms. The summed E-state index contributed by atoms with van der Waals surface area (Å²) in [6.45, 7) is 2.79. The lowest BCUT2D eigenvalue weighted by Crippen LogP contribution is -2.25. The molecule has 0 radical (unpaired) electrons. The Hall–Kier alpha value is -1.46. The number of aromatic nitrogens is 1. The van der Waals surface area contributed by atoms with Gasteiger partial charge in [-0.3, -0.25) is 9.78 Å². The van der Waals surface area contributed by atoms with E-state index in [0.717, 1.165) is 25.9 Å². The van der Waals surface area contributed by atoms with Gasteiger partial charge in [0.25, 0.3) is 5.91 Å². The van der Waals surface area contributed by atoms with Crippen molar-refractivity contribution in [3.8, 4) is 0 Å². The highest BCUT2D eigenvalue weighted by Gasteiger charge is 2.14. The quantitative estimate of drug-likeness (QED) is 0.756. The van der Waals surface area contributed by atoms with Crippen LogP contribution in [-0.2, 0) is 9.47 Å². The number of hydrogen-bond donors (Lipinski definition) is 1. The van der Waals surface area contributed by atoms with Crippen molar-refractivity contribution in [2.75, 3.05) is 26.4 Å². The molecule has 1 atom stereocenters. The molecule has 1 amide bonds.